The van der Waals surface area contributed by atoms with Crippen LogP contribution in [0.15, 0.2) is 60.8 Å². The van der Waals surface area contributed by atoms with Crippen molar-refractivity contribution in [2.24, 2.45) is 0 Å². The van der Waals surface area contributed by atoms with Crippen molar-refractivity contribution in [2.75, 3.05) is 20.2 Å². The van der Waals surface area contributed by atoms with Gasteiger partial charge in [0.1, 0.15) is 18.3 Å². The van der Waals surface area contributed by atoms with Crippen LogP contribution in [0.25, 0.3) is 0 Å². The predicted octanol–water partition coefficient (Wildman–Crippen LogP) is 1.30. The molecule has 0 rings (SSSR count). The molecule has 8 heteroatoms. The zero-order chi connectivity index (χ0) is 26.7. The third-order valence-electron chi connectivity index (χ3n) is 4.65. The summed E-state index contributed by atoms with van der Waals surface area (Å²) in [6.07, 6.45) is 22.4. The minimum absolute atomic E-state index is 0.0936. The van der Waals surface area contributed by atoms with Gasteiger partial charge >= 0.3 is 0 Å². The van der Waals surface area contributed by atoms with Crippen molar-refractivity contribution in [1.29, 1.82) is 0 Å². The molecule has 0 radical (unpaired) electrons. The van der Waals surface area contributed by atoms with Gasteiger partial charge in [-0.25, -0.2) is 0 Å². The van der Waals surface area contributed by atoms with E-state index in [1.54, 1.807) is 7.05 Å². The summed E-state index contributed by atoms with van der Waals surface area (Å²) >= 11 is 0. The maximum Gasteiger partial charge on any atom is 0.111 e. The number of carboxylic acid groups (broad SMARTS) is 1. The van der Waals surface area contributed by atoms with Crippen molar-refractivity contribution >= 4 is 5.97 Å². The number of hydrogen-bond donors (Lipinski definition) is 6. The lowest BCUT2D eigenvalue weighted by molar-refractivity contribution is -0.305. The lowest BCUT2D eigenvalue weighted by Gasteiger charge is -2.25. The molecule has 0 aliphatic carbocycles. The van der Waals surface area contributed by atoms with Gasteiger partial charge in [0.2, 0.25) is 0 Å². The number of likely N-dealkylation sites (N-methyl/N-ethyl adjacent to an activating group) is 1. The van der Waals surface area contributed by atoms with E-state index in [4.69, 9.17) is 20.4 Å². The summed E-state index contributed by atoms with van der Waals surface area (Å²) in [6.45, 7) is 1.57. The number of carboxylic acids is 1. The molecule has 0 heterocycles. The lowest BCUT2D eigenvalue weighted by atomic mass is 10.0. The molecule has 0 spiro atoms. The number of hydrogen-bond acceptors (Lipinski definition) is 8. The first kappa shape index (κ1) is 35.1. The number of nitrogens with one attached hydrogen (secondary N) is 1. The van der Waals surface area contributed by atoms with Crippen LogP contribution in [0.1, 0.15) is 58.3 Å². The first-order valence-corrected chi connectivity index (χ1v) is 12.2. The third-order valence-corrected chi connectivity index (χ3v) is 4.65. The van der Waals surface area contributed by atoms with Crippen LogP contribution in [0.2, 0.25) is 0 Å². The Hall–Kier alpha value is -2.07. The van der Waals surface area contributed by atoms with Gasteiger partial charge in [-0.1, -0.05) is 67.7 Å². The van der Waals surface area contributed by atoms with Crippen LogP contribution in [0.3, 0.4) is 0 Å². The number of carbonyl (C=O) groups is 1. The van der Waals surface area contributed by atoms with Gasteiger partial charge in [-0.3, -0.25) is 0 Å². The number of allylic oxidation sites excluding steroid dienone is 10. The molecule has 0 fully saturated rings. The fourth-order valence-corrected chi connectivity index (χ4v) is 2.63. The molecule has 8 nitrogen and oxygen atoms in total. The van der Waals surface area contributed by atoms with Crippen molar-refractivity contribution in [3.05, 3.63) is 60.8 Å². The van der Waals surface area contributed by atoms with Crippen molar-refractivity contribution in [2.45, 2.75) is 82.7 Å². The van der Waals surface area contributed by atoms with Gasteiger partial charge in [-0.05, 0) is 58.4 Å². The maximum atomic E-state index is 10.2. The minimum Gasteiger partial charge on any atom is -0.550 e. The second-order valence-electron chi connectivity index (χ2n) is 7.83. The van der Waals surface area contributed by atoms with Gasteiger partial charge in [0.15, 0.2) is 0 Å². The molecule has 0 aromatic heterocycles. The van der Waals surface area contributed by atoms with Crippen LogP contribution in [0.5, 0.6) is 0 Å². The molecule has 202 valence electrons. The Kier molecular flexibility index (Phi) is 26.6. The van der Waals surface area contributed by atoms with Crippen LogP contribution in [-0.4, -0.2) is 76.1 Å². The second-order valence-corrected chi connectivity index (χ2v) is 7.83. The third kappa shape index (κ3) is 24.8. The van der Waals surface area contributed by atoms with Gasteiger partial charge in [-0.15, -0.1) is 0 Å². The maximum absolute atomic E-state index is 10.2. The molecule has 0 saturated heterocycles. The smallest absolute Gasteiger partial charge is 0.111 e. The Balaban J connectivity index is 0. The zero-order valence-electron chi connectivity index (χ0n) is 21.2. The van der Waals surface area contributed by atoms with E-state index in [-0.39, 0.29) is 13.0 Å². The van der Waals surface area contributed by atoms with Crippen LogP contribution in [0.4, 0.5) is 0 Å². The van der Waals surface area contributed by atoms with E-state index < -0.39 is 37.0 Å². The molecule has 4 atom stereocenters. The molecule has 6 N–H and O–H groups in total. The minimum atomic E-state index is -1.55. The van der Waals surface area contributed by atoms with Gasteiger partial charge in [0.05, 0.1) is 12.7 Å². The van der Waals surface area contributed by atoms with E-state index in [0.717, 1.165) is 38.5 Å². The van der Waals surface area contributed by atoms with Crippen LogP contribution in [-0.2, 0) is 4.79 Å². The average Bonchev–Trinajstić information content (AvgIpc) is 2.84. The van der Waals surface area contributed by atoms with Crippen molar-refractivity contribution in [1.82, 2.24) is 5.32 Å². The normalized spacial score (nSPS) is 15.7. The standard InChI is InChI=1S/C20H30O2.C7H17NO5/c1-2-3-4-5-6-7-8-9-10-11-12-13-14-15-16-17-18-19-20(21)22;1-8-2-4(10)6(12)7(13)5(11)3-9/h3-4,6-7,9-10,12-13,15-16H,2,5,8,11,14,17-19H2,1H3,(H,21,22);4-13H,2-3H2,1H3/p-1/b4-3-,7-6-,10-9-,13-12-,16-15-;/t;4-,5+,6+,7+/m.0/s1. The number of rotatable bonds is 19. The summed E-state index contributed by atoms with van der Waals surface area (Å²) in [7, 11) is 1.57. The summed E-state index contributed by atoms with van der Waals surface area (Å²) in [5.74, 6) is -0.965. The highest BCUT2D eigenvalue weighted by atomic mass is 16.4. The van der Waals surface area contributed by atoms with E-state index in [1.165, 1.54) is 0 Å². The van der Waals surface area contributed by atoms with Crippen molar-refractivity contribution in [3.8, 4) is 0 Å². The number of aliphatic carboxylic acids is 1. The Morgan fingerprint density at radius 2 is 1.20 bits per heavy atom. The summed E-state index contributed by atoms with van der Waals surface area (Å²) in [4.78, 5) is 10.2. The summed E-state index contributed by atoms with van der Waals surface area (Å²) < 4.78 is 0. The highest BCUT2D eigenvalue weighted by Crippen LogP contribution is 2.04. The molecule has 0 bridgehead atoms. The lowest BCUT2D eigenvalue weighted by Crippen LogP contribution is -2.48. The number of carbonyl (C=O) groups excluding carboxylic acids is 1. The first-order valence-electron chi connectivity index (χ1n) is 12.2. The zero-order valence-corrected chi connectivity index (χ0v) is 21.2. The highest BCUT2D eigenvalue weighted by molar-refractivity contribution is 5.64. The van der Waals surface area contributed by atoms with Gasteiger partial charge in [-0.2, -0.15) is 0 Å². The Bertz CT molecular complexity index is 629. The van der Waals surface area contributed by atoms with E-state index in [9.17, 15) is 15.0 Å². The monoisotopic (exact) mass is 496 g/mol. The average molecular weight is 497 g/mol. The molecule has 0 aromatic carbocycles. The largest absolute Gasteiger partial charge is 0.550 e. The number of aliphatic hydroxyl groups excluding tert-OH is 5. The van der Waals surface area contributed by atoms with Gasteiger partial charge in [0.25, 0.3) is 0 Å². The van der Waals surface area contributed by atoms with Crippen LogP contribution >= 0.6 is 0 Å². The highest BCUT2D eigenvalue weighted by Gasteiger charge is 2.29. The summed E-state index contributed by atoms with van der Waals surface area (Å²) in [5, 5.41) is 57.7. The Morgan fingerprint density at radius 1 is 0.771 bits per heavy atom. The quantitative estimate of drug-likeness (QED) is 0.116. The predicted molar refractivity (Wildman–Crippen MR) is 138 cm³/mol. The second kappa shape index (κ2) is 26.5. The van der Waals surface area contributed by atoms with E-state index in [1.807, 2.05) is 6.08 Å². The van der Waals surface area contributed by atoms with E-state index >= 15 is 0 Å². The Labute approximate surface area is 210 Å². The van der Waals surface area contributed by atoms with Gasteiger partial charge < -0.3 is 40.8 Å². The molecule has 0 unspecified atom stereocenters. The number of aliphatic hydroxyl groups is 5. The fraction of sp³-hybridized carbons (Fsp3) is 0.593. The molecular formula is C27H46NO7-. The molecule has 0 amide bonds. The molecule has 0 aliphatic rings. The Morgan fingerprint density at radius 3 is 1.60 bits per heavy atom. The first-order chi connectivity index (χ1) is 16.8. The van der Waals surface area contributed by atoms with Crippen molar-refractivity contribution < 1.29 is 35.4 Å². The summed E-state index contributed by atoms with van der Waals surface area (Å²) in [6, 6.07) is 0. The van der Waals surface area contributed by atoms with E-state index in [2.05, 4.69) is 66.9 Å². The SMILES string of the molecule is CC/C=C\C/C=C\C/C=C\C/C=C\C/C=C\CCCC(=O)[O-].CNC[C@H](O)[C@@H](O)[C@H](O)[C@H](O)CO. The topological polar surface area (TPSA) is 153 Å². The summed E-state index contributed by atoms with van der Waals surface area (Å²) in [5.41, 5.74) is 0. The van der Waals surface area contributed by atoms with Gasteiger partial charge in [0, 0.05) is 12.5 Å². The molecule has 0 aromatic rings. The van der Waals surface area contributed by atoms with Crippen molar-refractivity contribution in [3.63, 3.8) is 0 Å². The van der Waals surface area contributed by atoms with Crippen LogP contribution < -0.4 is 10.4 Å². The molecule has 0 saturated carbocycles. The molecule has 35 heavy (non-hydrogen) atoms. The molecule has 0 aliphatic heterocycles. The number of unbranched alkanes of at least 4 members (excludes halogenated alkanes) is 1. The van der Waals surface area contributed by atoms with Crippen LogP contribution in [0, 0.1) is 0 Å². The fourth-order valence-electron chi connectivity index (χ4n) is 2.63. The molecular weight excluding hydrogens is 450 g/mol. The van der Waals surface area contributed by atoms with E-state index in [0.29, 0.717) is 6.42 Å².